The fourth-order valence-corrected chi connectivity index (χ4v) is 4.44. The predicted molar refractivity (Wildman–Crippen MR) is 127 cm³/mol. The van der Waals surface area contributed by atoms with Crippen molar-refractivity contribution in [2.75, 3.05) is 19.6 Å². The number of aliphatic hydroxyl groups is 1. The topological polar surface area (TPSA) is 45.5 Å². The lowest BCUT2D eigenvalue weighted by Crippen LogP contribution is -2.35. The maximum absolute atomic E-state index is 12.6. The monoisotopic (exact) mass is 416 g/mol. The Kier molecular flexibility index (Phi) is 7.00. The van der Waals surface area contributed by atoms with Crippen LogP contribution in [-0.2, 0) is 6.54 Å². The Balaban J connectivity index is 1.50. The van der Waals surface area contributed by atoms with Crippen LogP contribution in [0, 0.1) is 6.92 Å². The fourth-order valence-electron chi connectivity index (χ4n) is 4.44. The average Bonchev–Trinajstić information content (AvgIpc) is 2.93. The van der Waals surface area contributed by atoms with E-state index in [2.05, 4.69) is 27.8 Å². The molecule has 4 heteroatoms. The number of aryl methyl sites for hydroxylation is 1. The highest BCUT2D eigenvalue weighted by Gasteiger charge is 2.16. The Hall–Kier alpha value is -2.69. The number of nitrogens with zero attached hydrogens (tertiary/aromatic N) is 2. The van der Waals surface area contributed by atoms with Gasteiger partial charge in [-0.2, -0.15) is 0 Å². The second kappa shape index (κ2) is 10.1. The lowest BCUT2D eigenvalue weighted by molar-refractivity contribution is 0.101. The SMILES string of the molecule is Cc1ccc(C(=O)/C=C/c2cn(CC(O)CN3CCCCCC3)c3ccccc23)cc1. The van der Waals surface area contributed by atoms with E-state index < -0.39 is 6.10 Å². The summed E-state index contributed by atoms with van der Waals surface area (Å²) in [7, 11) is 0. The normalized spacial score (nSPS) is 16.6. The number of benzene rings is 2. The van der Waals surface area contributed by atoms with E-state index in [0.29, 0.717) is 18.7 Å². The molecule has 162 valence electrons. The molecule has 1 aliphatic rings. The minimum absolute atomic E-state index is 0.00182. The van der Waals surface area contributed by atoms with E-state index >= 15 is 0 Å². The molecule has 1 aromatic heterocycles. The molecule has 1 N–H and O–H groups in total. The van der Waals surface area contributed by atoms with Crippen molar-refractivity contribution in [1.82, 2.24) is 9.47 Å². The van der Waals surface area contributed by atoms with Crippen molar-refractivity contribution in [3.8, 4) is 0 Å². The Morgan fingerprint density at radius 3 is 2.45 bits per heavy atom. The predicted octanol–water partition coefficient (Wildman–Crippen LogP) is 5.08. The summed E-state index contributed by atoms with van der Waals surface area (Å²) in [6.07, 6.45) is 10.2. The molecule has 0 saturated carbocycles. The van der Waals surface area contributed by atoms with Crippen molar-refractivity contribution >= 4 is 22.8 Å². The van der Waals surface area contributed by atoms with Crippen LogP contribution in [-0.4, -0.2) is 46.1 Å². The zero-order valence-electron chi connectivity index (χ0n) is 18.3. The van der Waals surface area contributed by atoms with E-state index in [-0.39, 0.29) is 5.78 Å². The highest BCUT2D eigenvalue weighted by atomic mass is 16.3. The van der Waals surface area contributed by atoms with Crippen LogP contribution in [0.2, 0.25) is 0 Å². The van der Waals surface area contributed by atoms with Gasteiger partial charge >= 0.3 is 0 Å². The molecule has 0 aliphatic carbocycles. The van der Waals surface area contributed by atoms with Gasteiger partial charge in [0.25, 0.3) is 0 Å². The highest BCUT2D eigenvalue weighted by molar-refractivity contribution is 6.07. The van der Waals surface area contributed by atoms with Crippen LogP contribution < -0.4 is 0 Å². The number of allylic oxidation sites excluding steroid dienone is 1. The molecule has 1 aliphatic heterocycles. The first-order valence-corrected chi connectivity index (χ1v) is 11.4. The molecule has 2 aromatic carbocycles. The molecule has 4 nitrogen and oxygen atoms in total. The molecule has 0 radical (unpaired) electrons. The van der Waals surface area contributed by atoms with E-state index in [1.807, 2.05) is 49.4 Å². The van der Waals surface area contributed by atoms with Gasteiger partial charge in [-0.15, -0.1) is 0 Å². The Morgan fingerprint density at radius 1 is 1.00 bits per heavy atom. The van der Waals surface area contributed by atoms with Gasteiger partial charge in [0.2, 0.25) is 0 Å². The van der Waals surface area contributed by atoms with Crippen LogP contribution in [0.5, 0.6) is 0 Å². The van der Waals surface area contributed by atoms with Gasteiger partial charge in [0, 0.05) is 41.3 Å². The van der Waals surface area contributed by atoms with Gasteiger partial charge in [0.15, 0.2) is 5.78 Å². The Labute approximate surface area is 184 Å². The Morgan fingerprint density at radius 2 is 1.71 bits per heavy atom. The van der Waals surface area contributed by atoms with Crippen molar-refractivity contribution in [2.45, 2.75) is 45.3 Å². The third-order valence-corrected chi connectivity index (χ3v) is 6.14. The number of para-hydroxylation sites is 1. The first-order chi connectivity index (χ1) is 15.1. The summed E-state index contributed by atoms with van der Waals surface area (Å²) in [5.41, 5.74) is 3.92. The molecule has 1 atom stereocenters. The molecule has 0 bridgehead atoms. The summed E-state index contributed by atoms with van der Waals surface area (Å²) in [6.45, 7) is 5.44. The lowest BCUT2D eigenvalue weighted by atomic mass is 10.1. The average molecular weight is 417 g/mol. The second-order valence-corrected chi connectivity index (χ2v) is 8.69. The highest BCUT2D eigenvalue weighted by Crippen LogP contribution is 2.23. The zero-order chi connectivity index (χ0) is 21.6. The quantitative estimate of drug-likeness (QED) is 0.431. The maximum atomic E-state index is 12.6. The fraction of sp³-hybridized carbons (Fsp3) is 0.370. The molecular formula is C27H32N2O2. The van der Waals surface area contributed by atoms with Gasteiger partial charge < -0.3 is 14.6 Å². The molecule has 4 rings (SSSR count). The van der Waals surface area contributed by atoms with E-state index in [1.165, 1.54) is 25.7 Å². The number of hydrogen-bond acceptors (Lipinski definition) is 3. The van der Waals surface area contributed by atoms with Crippen LogP contribution in [0.4, 0.5) is 0 Å². The summed E-state index contributed by atoms with van der Waals surface area (Å²) in [4.78, 5) is 15.0. The van der Waals surface area contributed by atoms with Gasteiger partial charge in [0.1, 0.15) is 0 Å². The number of aliphatic hydroxyl groups excluding tert-OH is 1. The van der Waals surface area contributed by atoms with E-state index in [9.17, 15) is 9.90 Å². The summed E-state index contributed by atoms with van der Waals surface area (Å²) in [5.74, 6) is -0.00182. The number of aromatic nitrogens is 1. The van der Waals surface area contributed by atoms with Crippen LogP contribution in [0.3, 0.4) is 0 Å². The minimum Gasteiger partial charge on any atom is -0.390 e. The molecule has 0 amide bonds. The van der Waals surface area contributed by atoms with Crippen molar-refractivity contribution in [3.63, 3.8) is 0 Å². The number of hydrogen-bond donors (Lipinski definition) is 1. The lowest BCUT2D eigenvalue weighted by Gasteiger charge is -2.23. The summed E-state index contributed by atoms with van der Waals surface area (Å²) in [5, 5.41) is 11.9. The van der Waals surface area contributed by atoms with Crippen LogP contribution in [0.1, 0.15) is 47.2 Å². The van der Waals surface area contributed by atoms with E-state index in [4.69, 9.17) is 0 Å². The number of carbonyl (C=O) groups is 1. The summed E-state index contributed by atoms with van der Waals surface area (Å²) < 4.78 is 2.12. The number of likely N-dealkylation sites (tertiary alicyclic amines) is 1. The van der Waals surface area contributed by atoms with Crippen LogP contribution in [0.15, 0.2) is 60.8 Å². The maximum Gasteiger partial charge on any atom is 0.185 e. The van der Waals surface area contributed by atoms with Crippen LogP contribution in [0.25, 0.3) is 17.0 Å². The molecule has 2 heterocycles. The number of fused-ring (bicyclic) bond motifs is 1. The van der Waals surface area contributed by atoms with E-state index in [0.717, 1.165) is 35.1 Å². The van der Waals surface area contributed by atoms with Crippen molar-refractivity contribution in [2.24, 2.45) is 0 Å². The molecule has 31 heavy (non-hydrogen) atoms. The third kappa shape index (κ3) is 5.52. The minimum atomic E-state index is -0.417. The van der Waals surface area contributed by atoms with Gasteiger partial charge in [-0.05, 0) is 51.1 Å². The largest absolute Gasteiger partial charge is 0.390 e. The number of ketones is 1. The van der Waals surface area contributed by atoms with E-state index in [1.54, 1.807) is 6.08 Å². The first kappa shape index (κ1) is 21.5. The Bertz CT molecular complexity index is 1040. The smallest absolute Gasteiger partial charge is 0.185 e. The molecular weight excluding hydrogens is 384 g/mol. The molecule has 3 aromatic rings. The number of β-amino-alcohol motifs (C(OH)–C–C–N with tert-alkyl or cyclic N) is 1. The molecule has 1 fully saturated rings. The van der Waals surface area contributed by atoms with Gasteiger partial charge in [-0.1, -0.05) is 60.9 Å². The molecule has 1 saturated heterocycles. The number of carbonyl (C=O) groups excluding carboxylic acids is 1. The summed E-state index contributed by atoms with van der Waals surface area (Å²) >= 11 is 0. The summed E-state index contributed by atoms with van der Waals surface area (Å²) in [6, 6.07) is 15.8. The molecule has 0 spiro atoms. The number of rotatable bonds is 7. The molecule has 1 unspecified atom stereocenters. The van der Waals surface area contributed by atoms with Crippen molar-refractivity contribution in [3.05, 3.63) is 77.5 Å². The third-order valence-electron chi connectivity index (χ3n) is 6.14. The van der Waals surface area contributed by atoms with Crippen LogP contribution >= 0.6 is 0 Å². The first-order valence-electron chi connectivity index (χ1n) is 11.4. The van der Waals surface area contributed by atoms with Gasteiger partial charge in [-0.25, -0.2) is 0 Å². The van der Waals surface area contributed by atoms with Gasteiger partial charge in [0.05, 0.1) is 6.10 Å². The zero-order valence-corrected chi connectivity index (χ0v) is 18.3. The second-order valence-electron chi connectivity index (χ2n) is 8.69. The van der Waals surface area contributed by atoms with Gasteiger partial charge in [-0.3, -0.25) is 4.79 Å². The van der Waals surface area contributed by atoms with Crippen molar-refractivity contribution < 1.29 is 9.90 Å². The standard InChI is InChI=1S/C27H32N2O2/c1-21-10-12-22(13-11-21)27(31)15-14-23-18-29(26-9-5-4-8-25(23)26)20-24(30)19-28-16-6-2-3-7-17-28/h4-5,8-15,18,24,30H,2-3,6-7,16-17,19-20H2,1H3/b15-14+. The van der Waals surface area contributed by atoms with Crippen molar-refractivity contribution in [1.29, 1.82) is 0 Å².